The molecule has 0 spiro atoms. The predicted octanol–water partition coefficient (Wildman–Crippen LogP) is 4.42. The van der Waals surface area contributed by atoms with E-state index in [0.717, 1.165) is 22.6 Å². The van der Waals surface area contributed by atoms with Gasteiger partial charge in [-0.15, -0.1) is 10.2 Å². The summed E-state index contributed by atoms with van der Waals surface area (Å²) in [5.41, 5.74) is 4.51. The van der Waals surface area contributed by atoms with Crippen LogP contribution in [-0.4, -0.2) is 50.4 Å². The molecule has 0 fully saturated rings. The number of nitrogens with one attached hydrogen (secondary N) is 1. The Balaban J connectivity index is 1.53. The van der Waals surface area contributed by atoms with Crippen molar-refractivity contribution >= 4 is 23.4 Å². The summed E-state index contributed by atoms with van der Waals surface area (Å²) in [6.45, 7) is 4.74. The van der Waals surface area contributed by atoms with Crippen molar-refractivity contribution < 1.29 is 14.3 Å². The van der Waals surface area contributed by atoms with Crippen molar-refractivity contribution in [3.63, 3.8) is 0 Å². The number of carbonyl (C=O) groups excluding carboxylic acids is 1. The molecule has 2 aromatic heterocycles. The van der Waals surface area contributed by atoms with E-state index in [1.165, 1.54) is 17.3 Å². The van der Waals surface area contributed by atoms with E-state index >= 15 is 0 Å². The van der Waals surface area contributed by atoms with Crippen LogP contribution < -0.4 is 14.8 Å². The topological polar surface area (TPSA) is 96.1 Å². The van der Waals surface area contributed by atoms with Gasteiger partial charge in [0.2, 0.25) is 5.91 Å². The van der Waals surface area contributed by atoms with Gasteiger partial charge in [0.05, 0.1) is 31.2 Å². The molecule has 10 heteroatoms. The number of hydrogen-bond acceptors (Lipinski definition) is 7. The van der Waals surface area contributed by atoms with Crippen molar-refractivity contribution in [2.24, 2.45) is 7.05 Å². The highest BCUT2D eigenvalue weighted by Crippen LogP contribution is 2.33. The SMILES string of the molecule is CCn1c(SCC(=O)Nc2ccc(OC)cc2OC)nnc1-c1cn(C)nc1-c1ccc(C)cc1. The smallest absolute Gasteiger partial charge is 0.234 e. The Kier molecular flexibility index (Phi) is 7.40. The average Bonchev–Trinajstić information content (AvgIpc) is 3.46. The summed E-state index contributed by atoms with van der Waals surface area (Å²) in [5, 5.41) is 17.0. The lowest BCUT2D eigenvalue weighted by molar-refractivity contribution is -0.113. The number of methoxy groups -OCH3 is 2. The Morgan fingerprint density at radius 2 is 1.86 bits per heavy atom. The molecule has 1 amide bonds. The largest absolute Gasteiger partial charge is 0.497 e. The molecule has 2 heterocycles. The summed E-state index contributed by atoms with van der Waals surface area (Å²) < 4.78 is 14.3. The van der Waals surface area contributed by atoms with E-state index in [-0.39, 0.29) is 11.7 Å². The normalized spacial score (nSPS) is 10.9. The Morgan fingerprint density at radius 3 is 2.54 bits per heavy atom. The van der Waals surface area contributed by atoms with E-state index in [0.29, 0.717) is 28.9 Å². The lowest BCUT2D eigenvalue weighted by Crippen LogP contribution is -2.15. The fraction of sp³-hybridized carbons (Fsp3) is 0.280. The van der Waals surface area contributed by atoms with Crippen molar-refractivity contribution in [2.45, 2.75) is 25.5 Å². The molecule has 182 valence electrons. The highest BCUT2D eigenvalue weighted by Gasteiger charge is 2.21. The summed E-state index contributed by atoms with van der Waals surface area (Å²) in [6.07, 6.45) is 1.95. The van der Waals surface area contributed by atoms with Gasteiger partial charge in [0.15, 0.2) is 11.0 Å². The van der Waals surface area contributed by atoms with Crippen LogP contribution in [0.2, 0.25) is 0 Å². The Morgan fingerprint density at radius 1 is 1.09 bits per heavy atom. The molecular formula is C25H28N6O3S. The number of aromatic nitrogens is 5. The fourth-order valence-corrected chi connectivity index (χ4v) is 4.48. The van der Waals surface area contributed by atoms with E-state index in [9.17, 15) is 4.79 Å². The number of aryl methyl sites for hydroxylation is 2. The monoisotopic (exact) mass is 492 g/mol. The van der Waals surface area contributed by atoms with Crippen LogP contribution in [0.1, 0.15) is 12.5 Å². The maximum atomic E-state index is 12.7. The van der Waals surface area contributed by atoms with Crippen molar-refractivity contribution in [1.29, 1.82) is 0 Å². The molecule has 0 aliphatic rings. The standard InChI is InChI=1S/C25H28N6O3S/c1-6-31-24(19-14-30(3)29-23(19)17-9-7-16(2)8-10-17)27-28-25(31)35-15-22(32)26-20-12-11-18(33-4)13-21(20)34-5/h7-14H,6,15H2,1-5H3,(H,26,32). The Hall–Kier alpha value is -3.79. The van der Waals surface area contributed by atoms with Gasteiger partial charge >= 0.3 is 0 Å². The second-order valence-corrected chi connectivity index (χ2v) is 8.83. The number of thioether (sulfide) groups is 1. The van der Waals surface area contributed by atoms with E-state index in [4.69, 9.17) is 9.47 Å². The molecule has 0 aliphatic heterocycles. The van der Waals surface area contributed by atoms with Crippen molar-refractivity contribution in [3.8, 4) is 34.1 Å². The summed E-state index contributed by atoms with van der Waals surface area (Å²) in [4.78, 5) is 12.7. The predicted molar refractivity (Wildman–Crippen MR) is 137 cm³/mol. The quantitative estimate of drug-likeness (QED) is 0.346. The minimum atomic E-state index is -0.174. The molecule has 1 N–H and O–H groups in total. The number of amides is 1. The molecule has 9 nitrogen and oxygen atoms in total. The number of hydrogen-bond donors (Lipinski definition) is 1. The second-order valence-electron chi connectivity index (χ2n) is 7.88. The lowest BCUT2D eigenvalue weighted by Gasteiger charge is -2.11. The first-order valence-electron chi connectivity index (χ1n) is 11.1. The van der Waals surface area contributed by atoms with Gasteiger partial charge in [-0.1, -0.05) is 41.6 Å². The minimum Gasteiger partial charge on any atom is -0.497 e. The van der Waals surface area contributed by atoms with Crippen LogP contribution >= 0.6 is 11.8 Å². The van der Waals surface area contributed by atoms with Crippen LogP contribution in [0.4, 0.5) is 5.69 Å². The number of carbonyl (C=O) groups is 1. The van der Waals surface area contributed by atoms with Gasteiger partial charge in [0, 0.05) is 31.4 Å². The van der Waals surface area contributed by atoms with Crippen LogP contribution in [0.3, 0.4) is 0 Å². The number of nitrogens with zero attached hydrogens (tertiary/aromatic N) is 5. The molecule has 0 saturated heterocycles. The Bertz CT molecular complexity index is 1330. The molecule has 35 heavy (non-hydrogen) atoms. The second kappa shape index (κ2) is 10.6. The molecular weight excluding hydrogens is 464 g/mol. The third-order valence-corrected chi connectivity index (χ3v) is 6.41. The van der Waals surface area contributed by atoms with Gasteiger partial charge in [-0.05, 0) is 26.0 Å². The number of benzene rings is 2. The zero-order valence-electron chi connectivity index (χ0n) is 20.4. The maximum absolute atomic E-state index is 12.7. The van der Waals surface area contributed by atoms with Crippen LogP contribution in [0.25, 0.3) is 22.6 Å². The molecule has 0 aliphatic carbocycles. The summed E-state index contributed by atoms with van der Waals surface area (Å²) in [5.74, 6) is 1.90. The number of anilines is 1. The molecule has 0 atom stereocenters. The van der Waals surface area contributed by atoms with Crippen molar-refractivity contribution in [3.05, 3.63) is 54.2 Å². The lowest BCUT2D eigenvalue weighted by atomic mass is 10.1. The zero-order valence-corrected chi connectivity index (χ0v) is 21.2. The van der Waals surface area contributed by atoms with E-state index in [1.54, 1.807) is 37.1 Å². The molecule has 0 unspecified atom stereocenters. The van der Waals surface area contributed by atoms with E-state index in [2.05, 4.69) is 51.8 Å². The number of ether oxygens (including phenoxy) is 2. The third-order valence-electron chi connectivity index (χ3n) is 5.44. The zero-order chi connectivity index (χ0) is 24.9. The summed E-state index contributed by atoms with van der Waals surface area (Å²) in [6, 6.07) is 13.5. The first-order chi connectivity index (χ1) is 16.9. The van der Waals surface area contributed by atoms with Crippen LogP contribution in [0, 0.1) is 6.92 Å². The molecule has 0 saturated carbocycles. The molecule has 2 aromatic carbocycles. The van der Waals surface area contributed by atoms with Crippen LogP contribution in [-0.2, 0) is 18.4 Å². The molecule has 0 radical (unpaired) electrons. The first kappa shape index (κ1) is 24.3. The van der Waals surface area contributed by atoms with Gasteiger partial charge in [-0.3, -0.25) is 9.48 Å². The van der Waals surface area contributed by atoms with Gasteiger partial charge in [-0.25, -0.2) is 0 Å². The van der Waals surface area contributed by atoms with Gasteiger partial charge in [0.1, 0.15) is 17.2 Å². The van der Waals surface area contributed by atoms with Crippen LogP contribution in [0.15, 0.2) is 53.8 Å². The van der Waals surface area contributed by atoms with Crippen molar-refractivity contribution in [1.82, 2.24) is 24.5 Å². The highest BCUT2D eigenvalue weighted by molar-refractivity contribution is 7.99. The van der Waals surface area contributed by atoms with Crippen LogP contribution in [0.5, 0.6) is 11.5 Å². The highest BCUT2D eigenvalue weighted by atomic mass is 32.2. The first-order valence-corrected chi connectivity index (χ1v) is 12.1. The molecule has 4 rings (SSSR count). The van der Waals surface area contributed by atoms with Crippen molar-refractivity contribution in [2.75, 3.05) is 25.3 Å². The minimum absolute atomic E-state index is 0.172. The van der Waals surface area contributed by atoms with E-state index in [1.807, 2.05) is 24.7 Å². The Labute approximate surface area is 208 Å². The van der Waals surface area contributed by atoms with Gasteiger partial charge in [0.25, 0.3) is 0 Å². The fourth-order valence-electron chi connectivity index (χ4n) is 3.67. The maximum Gasteiger partial charge on any atom is 0.234 e. The molecule has 0 bridgehead atoms. The third kappa shape index (κ3) is 5.32. The van der Waals surface area contributed by atoms with Gasteiger partial charge in [-0.2, -0.15) is 5.10 Å². The van der Waals surface area contributed by atoms with Gasteiger partial charge < -0.3 is 19.4 Å². The summed E-state index contributed by atoms with van der Waals surface area (Å²) >= 11 is 1.33. The summed E-state index contributed by atoms with van der Waals surface area (Å²) in [7, 11) is 5.02. The number of rotatable bonds is 9. The molecule has 4 aromatic rings. The van der Waals surface area contributed by atoms with E-state index < -0.39 is 0 Å². The average molecular weight is 493 g/mol.